The average Bonchev–Trinajstić information content (AvgIpc) is 2.92. The lowest BCUT2D eigenvalue weighted by Crippen LogP contribution is -1.95. The van der Waals surface area contributed by atoms with Gasteiger partial charge in [0, 0.05) is 11.1 Å². The minimum Gasteiger partial charge on any atom is -0.273 e. The van der Waals surface area contributed by atoms with Gasteiger partial charge in [-0.1, -0.05) is 42.2 Å². The molecule has 0 spiro atoms. The third-order valence-corrected chi connectivity index (χ3v) is 3.12. The first-order valence-electron chi connectivity index (χ1n) is 6.13. The number of H-pyrrole nitrogens is 1. The smallest absolute Gasteiger partial charge is 0.199 e. The molecule has 0 amide bonds. The maximum atomic E-state index is 5.20. The molecule has 1 heterocycles. The van der Waals surface area contributed by atoms with Crippen LogP contribution in [0.5, 0.6) is 0 Å². The number of hydrogen-bond acceptors (Lipinski definition) is 2. The zero-order valence-corrected chi connectivity index (χ0v) is 11.4. The second-order valence-corrected chi connectivity index (χ2v) is 4.55. The molecule has 2 aromatic carbocycles. The van der Waals surface area contributed by atoms with Crippen LogP contribution in [0.4, 0.5) is 0 Å². The number of benzene rings is 2. The Morgan fingerprint density at radius 2 is 1.70 bits per heavy atom. The van der Waals surface area contributed by atoms with Crippen molar-refractivity contribution >= 4 is 12.2 Å². The Kier molecular flexibility index (Phi) is 3.44. The van der Waals surface area contributed by atoms with E-state index in [0.29, 0.717) is 4.77 Å². The highest BCUT2D eigenvalue weighted by Crippen LogP contribution is 2.13. The molecule has 1 aromatic heterocycles. The monoisotopic (exact) mass is 277 g/mol. The summed E-state index contributed by atoms with van der Waals surface area (Å²) in [6.45, 7) is 0. The highest BCUT2D eigenvalue weighted by Gasteiger charge is 2.02. The van der Waals surface area contributed by atoms with Gasteiger partial charge in [-0.2, -0.15) is 5.10 Å². The number of hydrogen-bond donors (Lipinski definition) is 1. The molecule has 0 saturated carbocycles. The molecule has 20 heavy (non-hydrogen) atoms. The van der Waals surface area contributed by atoms with E-state index in [1.807, 2.05) is 59.2 Å². The van der Waals surface area contributed by atoms with E-state index in [2.05, 4.69) is 22.0 Å². The summed E-state index contributed by atoms with van der Waals surface area (Å²) >= 11 is 5.20. The average molecular weight is 277 g/mol. The van der Waals surface area contributed by atoms with Crippen molar-refractivity contribution in [2.45, 2.75) is 0 Å². The molecule has 1 N–H and O–H groups in total. The SMILES string of the molecule is S=c1[nH]ncn1-c1ccccc1C#Cc1ccccc1. The van der Waals surface area contributed by atoms with Crippen LogP contribution < -0.4 is 0 Å². The van der Waals surface area contributed by atoms with E-state index in [0.717, 1.165) is 16.8 Å². The molecule has 0 aliphatic heterocycles. The fourth-order valence-corrected chi connectivity index (χ4v) is 2.07. The van der Waals surface area contributed by atoms with Gasteiger partial charge in [0.05, 0.1) is 5.69 Å². The van der Waals surface area contributed by atoms with Crippen LogP contribution in [0.25, 0.3) is 5.69 Å². The Labute approximate surface area is 121 Å². The van der Waals surface area contributed by atoms with E-state index in [1.54, 1.807) is 6.33 Å². The third kappa shape index (κ3) is 2.53. The maximum Gasteiger partial charge on any atom is 0.199 e. The Hall–Kier alpha value is -2.64. The van der Waals surface area contributed by atoms with Crippen molar-refractivity contribution < 1.29 is 0 Å². The van der Waals surface area contributed by atoms with Gasteiger partial charge in [-0.3, -0.25) is 9.67 Å². The van der Waals surface area contributed by atoms with Crippen molar-refractivity contribution in [1.82, 2.24) is 14.8 Å². The van der Waals surface area contributed by atoms with Crippen LogP contribution >= 0.6 is 12.2 Å². The van der Waals surface area contributed by atoms with Crippen molar-refractivity contribution in [3.05, 3.63) is 76.8 Å². The standard InChI is InChI=1S/C16H11N3S/c20-16-18-17-12-19(16)15-9-5-4-8-14(15)11-10-13-6-2-1-3-7-13/h1-9,12H,(H,18,20). The summed E-state index contributed by atoms with van der Waals surface area (Å²) in [5.74, 6) is 6.34. The number of nitrogens with zero attached hydrogens (tertiary/aromatic N) is 2. The van der Waals surface area contributed by atoms with E-state index in [9.17, 15) is 0 Å². The van der Waals surface area contributed by atoms with Crippen molar-refractivity contribution in [1.29, 1.82) is 0 Å². The quantitative estimate of drug-likeness (QED) is 0.547. The van der Waals surface area contributed by atoms with Crippen LogP contribution in [0.15, 0.2) is 60.9 Å². The van der Waals surface area contributed by atoms with Crippen LogP contribution in [-0.4, -0.2) is 14.8 Å². The number of para-hydroxylation sites is 1. The Morgan fingerprint density at radius 3 is 2.45 bits per heavy atom. The summed E-state index contributed by atoms with van der Waals surface area (Å²) in [6, 6.07) is 17.8. The van der Waals surface area contributed by atoms with E-state index in [-0.39, 0.29) is 0 Å². The minimum absolute atomic E-state index is 0.555. The van der Waals surface area contributed by atoms with Gasteiger partial charge < -0.3 is 0 Å². The summed E-state index contributed by atoms with van der Waals surface area (Å²) in [5.41, 5.74) is 2.82. The first kappa shape index (κ1) is 12.4. The molecule has 0 unspecified atom stereocenters. The lowest BCUT2D eigenvalue weighted by Gasteiger charge is -2.03. The number of aromatic amines is 1. The van der Waals surface area contributed by atoms with Gasteiger partial charge in [0.1, 0.15) is 6.33 Å². The van der Waals surface area contributed by atoms with E-state index >= 15 is 0 Å². The summed E-state index contributed by atoms with van der Waals surface area (Å²) in [4.78, 5) is 0. The van der Waals surface area contributed by atoms with Gasteiger partial charge in [-0.15, -0.1) is 0 Å². The van der Waals surface area contributed by atoms with Gasteiger partial charge in [0.25, 0.3) is 0 Å². The molecule has 0 bridgehead atoms. The van der Waals surface area contributed by atoms with Gasteiger partial charge in [0.15, 0.2) is 4.77 Å². The highest BCUT2D eigenvalue weighted by molar-refractivity contribution is 7.71. The van der Waals surface area contributed by atoms with Gasteiger partial charge in [-0.25, -0.2) is 0 Å². The zero-order chi connectivity index (χ0) is 13.8. The molecule has 3 nitrogen and oxygen atoms in total. The van der Waals surface area contributed by atoms with Crippen molar-refractivity contribution in [3.63, 3.8) is 0 Å². The predicted molar refractivity (Wildman–Crippen MR) is 81.2 cm³/mol. The number of rotatable bonds is 1. The molecular formula is C16H11N3S. The molecule has 3 rings (SSSR count). The van der Waals surface area contributed by atoms with Crippen LogP contribution in [0.3, 0.4) is 0 Å². The molecule has 4 heteroatoms. The number of aromatic nitrogens is 3. The summed E-state index contributed by atoms with van der Waals surface area (Å²) in [6.07, 6.45) is 1.66. The highest BCUT2D eigenvalue weighted by atomic mass is 32.1. The second-order valence-electron chi connectivity index (χ2n) is 4.16. The fraction of sp³-hybridized carbons (Fsp3) is 0. The molecular weight excluding hydrogens is 266 g/mol. The Morgan fingerprint density at radius 1 is 0.950 bits per heavy atom. The van der Waals surface area contributed by atoms with Crippen LogP contribution in [0, 0.1) is 16.6 Å². The predicted octanol–water partition coefficient (Wildman–Crippen LogP) is 3.33. The molecule has 0 fully saturated rings. The summed E-state index contributed by atoms with van der Waals surface area (Å²) in [5, 5.41) is 6.69. The van der Waals surface area contributed by atoms with E-state index in [4.69, 9.17) is 12.2 Å². The van der Waals surface area contributed by atoms with Crippen molar-refractivity contribution in [2.75, 3.05) is 0 Å². The van der Waals surface area contributed by atoms with Gasteiger partial charge >= 0.3 is 0 Å². The van der Waals surface area contributed by atoms with E-state index in [1.165, 1.54) is 0 Å². The molecule has 96 valence electrons. The topological polar surface area (TPSA) is 33.6 Å². The first-order valence-corrected chi connectivity index (χ1v) is 6.54. The number of nitrogens with one attached hydrogen (secondary N) is 1. The Bertz CT molecular complexity index is 835. The van der Waals surface area contributed by atoms with Crippen LogP contribution in [0.2, 0.25) is 0 Å². The molecule has 0 radical (unpaired) electrons. The normalized spacial score (nSPS) is 9.80. The van der Waals surface area contributed by atoms with Crippen molar-refractivity contribution in [2.24, 2.45) is 0 Å². The van der Waals surface area contributed by atoms with E-state index < -0.39 is 0 Å². The van der Waals surface area contributed by atoms with Crippen LogP contribution in [0.1, 0.15) is 11.1 Å². The lowest BCUT2D eigenvalue weighted by atomic mass is 10.1. The van der Waals surface area contributed by atoms with Crippen molar-refractivity contribution in [3.8, 4) is 17.5 Å². The fourth-order valence-electron chi connectivity index (χ4n) is 1.87. The lowest BCUT2D eigenvalue weighted by molar-refractivity contribution is 1.03. The largest absolute Gasteiger partial charge is 0.273 e. The molecule has 0 aliphatic rings. The maximum absolute atomic E-state index is 5.20. The molecule has 0 aliphatic carbocycles. The zero-order valence-electron chi connectivity index (χ0n) is 10.6. The summed E-state index contributed by atoms with van der Waals surface area (Å²) in [7, 11) is 0. The van der Waals surface area contributed by atoms with Gasteiger partial charge in [0.2, 0.25) is 0 Å². The van der Waals surface area contributed by atoms with Crippen LogP contribution in [-0.2, 0) is 0 Å². The Balaban J connectivity index is 2.06. The second kappa shape index (κ2) is 5.55. The third-order valence-electron chi connectivity index (χ3n) is 2.83. The summed E-state index contributed by atoms with van der Waals surface area (Å²) < 4.78 is 2.36. The molecule has 0 saturated heterocycles. The molecule has 3 aromatic rings. The van der Waals surface area contributed by atoms with Gasteiger partial charge in [-0.05, 0) is 36.5 Å². The minimum atomic E-state index is 0.555. The first-order chi connectivity index (χ1) is 9.84. The molecule has 0 atom stereocenters.